The van der Waals surface area contributed by atoms with E-state index < -0.39 is 19.9 Å². The first-order valence-electron chi connectivity index (χ1n) is 7.20. The van der Waals surface area contributed by atoms with Crippen LogP contribution in [-0.4, -0.2) is 57.6 Å². The highest BCUT2D eigenvalue weighted by Crippen LogP contribution is 2.35. The van der Waals surface area contributed by atoms with E-state index in [4.69, 9.17) is 0 Å². The SMILES string of the molecule is CS(=O)(=O)c1ccc(S(=O)(=O)N(C2CC2)C2CCNC2)cn1.Cl. The van der Waals surface area contributed by atoms with Crippen molar-refractivity contribution in [3.8, 4) is 0 Å². The summed E-state index contributed by atoms with van der Waals surface area (Å²) in [5.41, 5.74) is 0. The molecular formula is C13H20ClN3O4S2. The number of nitrogens with one attached hydrogen (secondary N) is 1. The van der Waals surface area contributed by atoms with Crippen molar-refractivity contribution in [1.82, 2.24) is 14.6 Å². The average molecular weight is 382 g/mol. The second-order valence-electron chi connectivity index (χ2n) is 5.82. The predicted octanol–water partition coefficient (Wildman–Crippen LogP) is 0.422. The lowest BCUT2D eigenvalue weighted by atomic mass is 10.2. The van der Waals surface area contributed by atoms with Crippen molar-refractivity contribution in [1.29, 1.82) is 0 Å². The van der Waals surface area contributed by atoms with Crippen LogP contribution in [0.4, 0.5) is 0 Å². The average Bonchev–Trinajstić information content (AvgIpc) is 3.12. The molecule has 1 saturated heterocycles. The molecule has 2 fully saturated rings. The first-order chi connectivity index (χ1) is 10.3. The first-order valence-corrected chi connectivity index (χ1v) is 10.5. The monoisotopic (exact) mass is 381 g/mol. The summed E-state index contributed by atoms with van der Waals surface area (Å²) in [7, 11) is -7.08. The van der Waals surface area contributed by atoms with Crippen LogP contribution in [0, 0.1) is 0 Å². The largest absolute Gasteiger partial charge is 0.315 e. The maximum Gasteiger partial charge on any atom is 0.245 e. The second-order valence-corrected chi connectivity index (χ2v) is 9.62. The molecule has 23 heavy (non-hydrogen) atoms. The minimum Gasteiger partial charge on any atom is -0.315 e. The normalized spacial score (nSPS) is 22.1. The van der Waals surface area contributed by atoms with Crippen LogP contribution in [0.3, 0.4) is 0 Å². The van der Waals surface area contributed by atoms with Crippen LogP contribution >= 0.6 is 12.4 Å². The molecule has 0 spiro atoms. The van der Waals surface area contributed by atoms with Crippen molar-refractivity contribution in [3.63, 3.8) is 0 Å². The summed E-state index contributed by atoms with van der Waals surface area (Å²) < 4.78 is 50.2. The zero-order valence-electron chi connectivity index (χ0n) is 12.7. The van der Waals surface area contributed by atoms with E-state index in [1.807, 2.05) is 0 Å². The second kappa shape index (κ2) is 6.64. The van der Waals surface area contributed by atoms with Crippen LogP contribution in [0.1, 0.15) is 19.3 Å². The molecule has 2 aliphatic rings. The predicted molar refractivity (Wildman–Crippen MR) is 87.9 cm³/mol. The fourth-order valence-corrected chi connectivity index (χ4v) is 5.14. The molecule has 1 aliphatic heterocycles. The Bertz CT molecular complexity index is 755. The summed E-state index contributed by atoms with van der Waals surface area (Å²) in [5, 5.41) is 3.07. The molecule has 1 aliphatic carbocycles. The standard InChI is InChI=1S/C13H19N3O4S2.ClH/c1-21(17,18)13-5-4-12(9-15-13)22(19,20)16(10-2-3-10)11-6-7-14-8-11;/h4-5,9-11,14H,2-3,6-8H2,1H3;1H. The Morgan fingerprint density at radius 1 is 1.13 bits per heavy atom. The zero-order valence-corrected chi connectivity index (χ0v) is 15.1. The minimum absolute atomic E-state index is 0. The lowest BCUT2D eigenvalue weighted by Crippen LogP contribution is -2.43. The number of aromatic nitrogens is 1. The van der Waals surface area contributed by atoms with Crippen LogP contribution in [-0.2, 0) is 19.9 Å². The fourth-order valence-electron chi connectivity index (χ4n) is 2.74. The Hall–Kier alpha value is -0.740. The van der Waals surface area contributed by atoms with Crippen molar-refractivity contribution in [3.05, 3.63) is 18.3 Å². The van der Waals surface area contributed by atoms with E-state index in [0.29, 0.717) is 6.54 Å². The highest BCUT2D eigenvalue weighted by molar-refractivity contribution is 7.90. The van der Waals surface area contributed by atoms with Crippen molar-refractivity contribution >= 4 is 32.3 Å². The third-order valence-corrected chi connectivity index (χ3v) is 6.96. The summed E-state index contributed by atoms with van der Waals surface area (Å²) in [6, 6.07) is 2.60. The van der Waals surface area contributed by atoms with Gasteiger partial charge in [-0.2, -0.15) is 4.31 Å². The molecule has 0 amide bonds. The van der Waals surface area contributed by atoms with Gasteiger partial charge in [0.05, 0.1) is 0 Å². The lowest BCUT2D eigenvalue weighted by molar-refractivity contribution is 0.327. The van der Waals surface area contributed by atoms with E-state index in [0.717, 1.165) is 38.3 Å². The molecule has 0 radical (unpaired) electrons. The van der Waals surface area contributed by atoms with Crippen LogP contribution in [0.15, 0.2) is 28.3 Å². The third kappa shape index (κ3) is 3.85. The maximum absolute atomic E-state index is 12.9. The molecule has 10 heteroatoms. The van der Waals surface area contributed by atoms with Gasteiger partial charge in [0, 0.05) is 31.1 Å². The van der Waals surface area contributed by atoms with Gasteiger partial charge in [-0.15, -0.1) is 12.4 Å². The quantitative estimate of drug-likeness (QED) is 0.794. The summed E-state index contributed by atoms with van der Waals surface area (Å²) in [4.78, 5) is 3.85. The van der Waals surface area contributed by atoms with Gasteiger partial charge in [0.1, 0.15) is 4.90 Å². The minimum atomic E-state index is -3.65. The Balaban J connectivity index is 0.00000192. The van der Waals surface area contributed by atoms with E-state index in [9.17, 15) is 16.8 Å². The van der Waals surface area contributed by atoms with Gasteiger partial charge in [-0.1, -0.05) is 0 Å². The van der Waals surface area contributed by atoms with Crippen LogP contribution in [0.5, 0.6) is 0 Å². The summed E-state index contributed by atoms with van der Waals surface area (Å²) in [5.74, 6) is 0. The van der Waals surface area contributed by atoms with Crippen LogP contribution in [0.25, 0.3) is 0 Å². The van der Waals surface area contributed by atoms with Gasteiger partial charge in [0.2, 0.25) is 10.0 Å². The molecule has 7 nitrogen and oxygen atoms in total. The number of hydrogen-bond donors (Lipinski definition) is 1. The van der Waals surface area contributed by atoms with Crippen molar-refractivity contribution < 1.29 is 16.8 Å². The summed E-state index contributed by atoms with van der Waals surface area (Å²) in [6.07, 6.45) is 4.74. The van der Waals surface area contributed by atoms with Gasteiger partial charge in [-0.05, 0) is 37.9 Å². The Kier molecular flexibility index (Phi) is 5.37. The number of rotatable bonds is 5. The third-order valence-electron chi connectivity index (χ3n) is 3.97. The molecule has 1 aromatic heterocycles. The number of sulfonamides is 1. The van der Waals surface area contributed by atoms with Gasteiger partial charge in [-0.25, -0.2) is 21.8 Å². The van der Waals surface area contributed by atoms with Gasteiger partial charge >= 0.3 is 0 Å². The molecule has 1 saturated carbocycles. The molecule has 1 atom stereocenters. The topological polar surface area (TPSA) is 96.4 Å². The van der Waals surface area contributed by atoms with E-state index in [1.165, 1.54) is 12.1 Å². The number of hydrogen-bond acceptors (Lipinski definition) is 6. The fraction of sp³-hybridized carbons (Fsp3) is 0.615. The molecular weight excluding hydrogens is 362 g/mol. The molecule has 130 valence electrons. The highest BCUT2D eigenvalue weighted by atomic mass is 35.5. The Labute approximate surface area is 142 Å². The molecule has 0 aromatic carbocycles. The lowest BCUT2D eigenvalue weighted by Gasteiger charge is -2.27. The van der Waals surface area contributed by atoms with E-state index in [-0.39, 0.29) is 34.4 Å². The van der Waals surface area contributed by atoms with E-state index in [2.05, 4.69) is 10.3 Å². The molecule has 0 bridgehead atoms. The highest BCUT2D eigenvalue weighted by Gasteiger charge is 2.43. The van der Waals surface area contributed by atoms with Crippen molar-refractivity contribution in [2.45, 2.75) is 41.3 Å². The van der Waals surface area contributed by atoms with Crippen molar-refractivity contribution in [2.75, 3.05) is 19.3 Å². The Morgan fingerprint density at radius 3 is 2.26 bits per heavy atom. The Morgan fingerprint density at radius 2 is 1.83 bits per heavy atom. The van der Waals surface area contributed by atoms with Crippen LogP contribution < -0.4 is 5.32 Å². The van der Waals surface area contributed by atoms with Gasteiger partial charge in [0.15, 0.2) is 14.9 Å². The number of sulfone groups is 1. The smallest absolute Gasteiger partial charge is 0.245 e. The van der Waals surface area contributed by atoms with E-state index >= 15 is 0 Å². The molecule has 1 N–H and O–H groups in total. The molecule has 3 rings (SSSR count). The summed E-state index contributed by atoms with van der Waals surface area (Å²) in [6.45, 7) is 1.47. The summed E-state index contributed by atoms with van der Waals surface area (Å²) >= 11 is 0. The molecule has 1 unspecified atom stereocenters. The maximum atomic E-state index is 12.9. The van der Waals surface area contributed by atoms with Gasteiger partial charge < -0.3 is 5.32 Å². The van der Waals surface area contributed by atoms with Gasteiger partial charge in [-0.3, -0.25) is 0 Å². The number of pyridine rings is 1. The number of halogens is 1. The first kappa shape index (κ1) is 18.6. The molecule has 1 aromatic rings. The van der Waals surface area contributed by atoms with E-state index in [1.54, 1.807) is 4.31 Å². The van der Waals surface area contributed by atoms with Crippen molar-refractivity contribution in [2.24, 2.45) is 0 Å². The van der Waals surface area contributed by atoms with Crippen LogP contribution in [0.2, 0.25) is 0 Å². The zero-order chi connectivity index (χ0) is 16.0. The molecule has 2 heterocycles. The van der Waals surface area contributed by atoms with Gasteiger partial charge in [0.25, 0.3) is 0 Å². The number of nitrogens with zero attached hydrogens (tertiary/aromatic N) is 2.